The fourth-order valence-corrected chi connectivity index (χ4v) is 6.64. The number of hydrogen-bond donors (Lipinski definition) is 3. The second-order valence-electron chi connectivity index (χ2n) is 9.87. The van der Waals surface area contributed by atoms with Crippen molar-refractivity contribution in [3.63, 3.8) is 0 Å². The minimum absolute atomic E-state index is 0.0265. The van der Waals surface area contributed by atoms with Gasteiger partial charge in [0.15, 0.2) is 9.92 Å². The van der Waals surface area contributed by atoms with Crippen LogP contribution in [0.1, 0.15) is 61.1 Å². The van der Waals surface area contributed by atoms with Gasteiger partial charge in [0.05, 0.1) is 37.4 Å². The smallest absolute Gasteiger partial charge is 0.354 e. The maximum Gasteiger partial charge on any atom is 0.354 e. The van der Waals surface area contributed by atoms with Crippen LogP contribution in [0.15, 0.2) is 14.8 Å². The van der Waals surface area contributed by atoms with Gasteiger partial charge in [0.2, 0.25) is 0 Å². The van der Waals surface area contributed by atoms with Crippen LogP contribution in [0.4, 0.5) is 10.5 Å². The molecule has 192 valence electrons. The number of ether oxygens (including phenoxy) is 2. The predicted octanol–water partition coefficient (Wildman–Crippen LogP) is 3.05. The summed E-state index contributed by atoms with van der Waals surface area (Å²) in [6.45, 7) is 6.54. The van der Waals surface area contributed by atoms with E-state index in [-0.39, 0.29) is 21.2 Å². The van der Waals surface area contributed by atoms with Crippen LogP contribution in [-0.4, -0.2) is 52.2 Å². The maximum absolute atomic E-state index is 13.2. The maximum atomic E-state index is 13.2. The summed E-state index contributed by atoms with van der Waals surface area (Å²) in [5.74, 6) is 0. The lowest BCUT2D eigenvalue weighted by Gasteiger charge is -2.20. The highest BCUT2D eigenvalue weighted by molar-refractivity contribution is 7.93. The number of carbonyl (C=O) groups excluding carboxylic acids is 1. The Morgan fingerprint density at radius 2 is 2.11 bits per heavy atom. The molecule has 2 unspecified atom stereocenters. The van der Waals surface area contributed by atoms with E-state index in [9.17, 15) is 14.1 Å². The Bertz CT molecular complexity index is 1250. The summed E-state index contributed by atoms with van der Waals surface area (Å²) in [4.78, 5) is 22.0. The summed E-state index contributed by atoms with van der Waals surface area (Å²) in [6, 6.07) is -0.769. The minimum atomic E-state index is -3.57. The highest BCUT2D eigenvalue weighted by Crippen LogP contribution is 2.44. The average molecular weight is 524 g/mol. The third kappa shape index (κ3) is 5.42. The van der Waals surface area contributed by atoms with E-state index in [4.69, 9.17) is 19.6 Å². The molecule has 0 saturated heterocycles. The number of nitrogens with one attached hydrogen (secondary N) is 1. The van der Waals surface area contributed by atoms with Gasteiger partial charge in [-0.05, 0) is 50.2 Å². The molecule has 2 atom stereocenters. The van der Waals surface area contributed by atoms with Crippen LogP contribution in [0.25, 0.3) is 0 Å². The topological polar surface area (TPSA) is 149 Å². The Labute approximate surface area is 210 Å². The van der Waals surface area contributed by atoms with E-state index in [1.54, 1.807) is 7.11 Å². The second kappa shape index (κ2) is 9.83. The summed E-state index contributed by atoms with van der Waals surface area (Å²) in [5, 5.41) is 19.8. The molecule has 2 aromatic heterocycles. The molecular formula is C23H33N5O5S2. The van der Waals surface area contributed by atoms with E-state index in [2.05, 4.69) is 28.5 Å². The Balaban J connectivity index is 1.56. The molecule has 0 aromatic carbocycles. The van der Waals surface area contributed by atoms with Gasteiger partial charge in [-0.3, -0.25) is 4.98 Å². The number of aromatic nitrogens is 2. The van der Waals surface area contributed by atoms with Crippen LogP contribution in [0.3, 0.4) is 0 Å². The standard InChI is InChI=1S/C23H33N5O5S2/c1-22(2)9-8-15-18(14-6-5-7-16(14)26-19(15)22)27-21(29)28-35(24,31)17-12-25-20(34-17)23(3,30)13-33-11-10-32-4/h12,30H,5-11,13H2,1-4H3,(H3,24,26,27,28,29,31). The van der Waals surface area contributed by atoms with Crippen LogP contribution in [0.5, 0.6) is 0 Å². The average Bonchev–Trinajstić information content (AvgIpc) is 3.50. The molecule has 35 heavy (non-hydrogen) atoms. The Kier molecular flexibility index (Phi) is 7.33. The van der Waals surface area contributed by atoms with Crippen molar-refractivity contribution in [2.75, 3.05) is 32.2 Å². The first-order chi connectivity index (χ1) is 16.4. The van der Waals surface area contributed by atoms with E-state index >= 15 is 0 Å². The molecule has 0 aliphatic heterocycles. The summed E-state index contributed by atoms with van der Waals surface area (Å²) in [5.41, 5.74) is 3.38. The third-order valence-electron chi connectivity index (χ3n) is 6.46. The van der Waals surface area contributed by atoms with Crippen molar-refractivity contribution in [1.29, 1.82) is 0 Å². The molecule has 0 radical (unpaired) electrons. The highest BCUT2D eigenvalue weighted by Gasteiger charge is 2.36. The molecule has 0 fully saturated rings. The molecule has 12 heteroatoms. The zero-order chi connectivity index (χ0) is 25.4. The van der Waals surface area contributed by atoms with Crippen molar-refractivity contribution in [3.05, 3.63) is 33.7 Å². The molecule has 0 saturated carbocycles. The van der Waals surface area contributed by atoms with Crippen LogP contribution < -0.4 is 10.5 Å². The number of urea groups is 1. The van der Waals surface area contributed by atoms with Gasteiger partial charge >= 0.3 is 6.03 Å². The normalized spacial score (nSPS) is 19.5. The highest BCUT2D eigenvalue weighted by atomic mass is 32.2. The summed E-state index contributed by atoms with van der Waals surface area (Å²) < 4.78 is 27.4. The largest absolute Gasteiger partial charge is 0.382 e. The van der Waals surface area contributed by atoms with Crippen molar-refractivity contribution in [3.8, 4) is 0 Å². The number of nitrogens with two attached hydrogens (primary N) is 1. The predicted molar refractivity (Wildman–Crippen MR) is 134 cm³/mol. The first kappa shape index (κ1) is 26.1. The molecular weight excluding hydrogens is 490 g/mol. The number of aliphatic hydroxyl groups is 1. The van der Waals surface area contributed by atoms with Gasteiger partial charge in [-0.2, -0.15) is 0 Å². The van der Waals surface area contributed by atoms with Crippen LogP contribution in [0, 0.1) is 0 Å². The molecule has 0 bridgehead atoms. The molecule has 2 aliphatic rings. The Morgan fingerprint density at radius 1 is 1.34 bits per heavy atom. The zero-order valence-corrected chi connectivity index (χ0v) is 22.2. The Hall–Kier alpha value is -1.96. The van der Waals surface area contributed by atoms with Crippen molar-refractivity contribution in [2.45, 2.75) is 68.1 Å². The van der Waals surface area contributed by atoms with Gasteiger partial charge in [-0.15, -0.1) is 15.7 Å². The number of pyridine rings is 1. The number of thiazole rings is 1. The fourth-order valence-electron chi connectivity index (χ4n) is 4.55. The Morgan fingerprint density at radius 3 is 2.86 bits per heavy atom. The number of methoxy groups -OCH3 is 1. The van der Waals surface area contributed by atoms with Crippen LogP contribution in [-0.2, 0) is 49.7 Å². The number of fused-ring (bicyclic) bond motifs is 2. The molecule has 2 amide bonds. The van der Waals surface area contributed by atoms with E-state index in [0.717, 1.165) is 71.6 Å². The van der Waals surface area contributed by atoms with Gasteiger partial charge < -0.3 is 19.9 Å². The van der Waals surface area contributed by atoms with Gasteiger partial charge in [0.25, 0.3) is 0 Å². The number of anilines is 1. The summed E-state index contributed by atoms with van der Waals surface area (Å²) >= 11 is 0.942. The van der Waals surface area contributed by atoms with Gasteiger partial charge in [0.1, 0.15) is 14.8 Å². The summed E-state index contributed by atoms with van der Waals surface area (Å²) in [6.07, 6.45) is 5.75. The molecule has 2 aromatic rings. The zero-order valence-electron chi connectivity index (χ0n) is 20.5. The molecule has 2 heterocycles. The molecule has 4 N–H and O–H groups in total. The van der Waals surface area contributed by atoms with Crippen molar-refractivity contribution in [1.82, 2.24) is 9.97 Å². The molecule has 4 rings (SSSR count). The van der Waals surface area contributed by atoms with E-state index in [1.807, 2.05) is 0 Å². The van der Waals surface area contributed by atoms with Crippen LogP contribution >= 0.6 is 11.3 Å². The lowest BCUT2D eigenvalue weighted by molar-refractivity contribution is -0.0479. The number of hydrogen-bond acceptors (Lipinski definition) is 8. The van der Waals surface area contributed by atoms with E-state index in [1.165, 1.54) is 13.1 Å². The third-order valence-corrected chi connectivity index (χ3v) is 9.60. The van der Waals surface area contributed by atoms with E-state index in [0.29, 0.717) is 13.2 Å². The quantitative estimate of drug-likeness (QED) is 0.450. The summed E-state index contributed by atoms with van der Waals surface area (Å²) in [7, 11) is -2.01. The number of aryl methyl sites for hydroxylation is 1. The van der Waals surface area contributed by atoms with Crippen molar-refractivity contribution in [2.24, 2.45) is 9.50 Å². The van der Waals surface area contributed by atoms with E-state index < -0.39 is 21.5 Å². The second-order valence-corrected chi connectivity index (χ2v) is 12.9. The van der Waals surface area contributed by atoms with Gasteiger partial charge in [-0.25, -0.2) is 19.1 Å². The lowest BCUT2D eigenvalue weighted by atomic mass is 9.90. The number of amides is 2. The number of carbonyl (C=O) groups is 1. The monoisotopic (exact) mass is 523 g/mol. The van der Waals surface area contributed by atoms with Crippen molar-refractivity contribution < 1.29 is 23.6 Å². The first-order valence-electron chi connectivity index (χ1n) is 11.6. The van der Waals surface area contributed by atoms with Crippen LogP contribution in [0.2, 0.25) is 0 Å². The van der Waals surface area contributed by atoms with Crippen molar-refractivity contribution >= 4 is 33.0 Å². The number of rotatable bonds is 8. The van der Waals surface area contributed by atoms with Gasteiger partial charge in [-0.1, -0.05) is 13.8 Å². The first-order valence-corrected chi connectivity index (χ1v) is 14.0. The fraction of sp³-hybridized carbons (Fsp3) is 0.609. The van der Waals surface area contributed by atoms with Gasteiger partial charge in [0, 0.05) is 18.2 Å². The lowest BCUT2D eigenvalue weighted by Crippen LogP contribution is -2.28. The minimum Gasteiger partial charge on any atom is -0.382 e. The number of nitrogens with zero attached hydrogens (tertiary/aromatic N) is 3. The SMILES string of the molecule is COCCOCC(C)(O)c1ncc(S(N)(=O)=NC(=O)Nc2c3c(nc4c2CCC4(C)C)CCC3)s1. The molecule has 0 spiro atoms. The molecule has 10 nitrogen and oxygen atoms in total. The molecule has 2 aliphatic carbocycles.